The van der Waals surface area contributed by atoms with E-state index in [0.717, 1.165) is 6.20 Å². The van der Waals surface area contributed by atoms with Gasteiger partial charge in [-0.15, -0.1) is 13.2 Å². The van der Waals surface area contributed by atoms with Crippen molar-refractivity contribution in [1.82, 2.24) is 4.98 Å². The van der Waals surface area contributed by atoms with Crippen LogP contribution in [0.15, 0.2) is 6.20 Å². The summed E-state index contributed by atoms with van der Waals surface area (Å²) in [6, 6.07) is 0. The number of ether oxygens (including phenoxy) is 2. The topological polar surface area (TPSA) is 74.4 Å². The quantitative estimate of drug-likeness (QED) is 0.631. The van der Waals surface area contributed by atoms with E-state index in [1.54, 1.807) is 22.6 Å². The highest BCUT2D eigenvalue weighted by atomic mass is 127. The largest absolute Gasteiger partial charge is 0.574 e. The Labute approximate surface area is 120 Å². The summed E-state index contributed by atoms with van der Waals surface area (Å²) < 4.78 is 45.4. The molecular formula is C10H10F3IN2O3. The lowest BCUT2D eigenvalue weighted by molar-refractivity contribution is -0.276. The highest BCUT2D eigenvalue weighted by Crippen LogP contribution is 2.29. The Balaban J connectivity index is 3.30. The van der Waals surface area contributed by atoms with E-state index in [1.807, 2.05) is 0 Å². The Kier molecular flexibility index (Phi) is 5.35. The summed E-state index contributed by atoms with van der Waals surface area (Å²) in [5.74, 6) is -1.78. The van der Waals surface area contributed by atoms with E-state index >= 15 is 0 Å². The smallest absolute Gasteiger partial charge is 0.462 e. The fourth-order valence-corrected chi connectivity index (χ4v) is 2.03. The van der Waals surface area contributed by atoms with Gasteiger partial charge in [0.1, 0.15) is 5.56 Å². The van der Waals surface area contributed by atoms with E-state index in [1.165, 1.54) is 6.92 Å². The van der Waals surface area contributed by atoms with Crippen LogP contribution in [0, 0.1) is 3.57 Å². The van der Waals surface area contributed by atoms with E-state index in [2.05, 4.69) is 9.72 Å². The highest BCUT2D eigenvalue weighted by molar-refractivity contribution is 14.1. The maximum atomic E-state index is 12.2. The molecule has 0 aliphatic rings. The van der Waals surface area contributed by atoms with Crippen LogP contribution in [-0.2, 0) is 11.3 Å². The standard InChI is InChI=1S/C10H10F3IN2O3/c1-2-18-9(17)6-7(14)5(3-15)4-16-8(6)19-10(11,12)13/h4H,2-3,15H2,1H3. The van der Waals surface area contributed by atoms with Gasteiger partial charge in [0.25, 0.3) is 0 Å². The van der Waals surface area contributed by atoms with Crippen molar-refractivity contribution in [3.8, 4) is 5.88 Å². The molecule has 0 aliphatic carbocycles. The van der Waals surface area contributed by atoms with Gasteiger partial charge in [-0.2, -0.15) is 0 Å². The molecule has 0 unspecified atom stereocenters. The van der Waals surface area contributed by atoms with Crippen LogP contribution in [0.1, 0.15) is 22.8 Å². The van der Waals surface area contributed by atoms with Crippen molar-refractivity contribution in [2.75, 3.05) is 6.61 Å². The number of halogens is 4. The third-order valence-electron chi connectivity index (χ3n) is 1.96. The van der Waals surface area contributed by atoms with Crippen molar-refractivity contribution in [3.63, 3.8) is 0 Å². The molecule has 106 valence electrons. The van der Waals surface area contributed by atoms with Crippen molar-refractivity contribution in [3.05, 3.63) is 20.9 Å². The number of pyridine rings is 1. The van der Waals surface area contributed by atoms with Crippen molar-refractivity contribution in [2.45, 2.75) is 19.8 Å². The third kappa shape index (κ3) is 4.20. The summed E-state index contributed by atoms with van der Waals surface area (Å²) in [4.78, 5) is 15.2. The number of esters is 1. The van der Waals surface area contributed by atoms with Crippen LogP contribution in [0.2, 0.25) is 0 Å². The molecule has 0 aliphatic heterocycles. The van der Waals surface area contributed by atoms with Crippen LogP contribution < -0.4 is 10.5 Å². The lowest BCUT2D eigenvalue weighted by Gasteiger charge is -2.14. The normalized spacial score (nSPS) is 11.3. The molecule has 0 atom stereocenters. The molecule has 0 spiro atoms. The molecule has 0 radical (unpaired) electrons. The number of rotatable bonds is 4. The SMILES string of the molecule is CCOC(=O)c1c(OC(F)(F)F)ncc(CN)c1I. The average molecular weight is 390 g/mol. The van der Waals surface area contributed by atoms with Crippen LogP contribution >= 0.6 is 22.6 Å². The maximum absolute atomic E-state index is 12.2. The molecule has 5 nitrogen and oxygen atoms in total. The first-order chi connectivity index (χ1) is 8.80. The molecular weight excluding hydrogens is 380 g/mol. The zero-order valence-corrected chi connectivity index (χ0v) is 11.9. The first-order valence-electron chi connectivity index (χ1n) is 5.10. The van der Waals surface area contributed by atoms with E-state index < -0.39 is 18.2 Å². The third-order valence-corrected chi connectivity index (χ3v) is 3.20. The second kappa shape index (κ2) is 6.37. The van der Waals surface area contributed by atoms with Crippen molar-refractivity contribution < 1.29 is 27.4 Å². The Morgan fingerprint density at radius 2 is 2.16 bits per heavy atom. The summed E-state index contributed by atoms with van der Waals surface area (Å²) in [5.41, 5.74) is 5.47. The number of carbonyl (C=O) groups excluding carboxylic acids is 1. The summed E-state index contributed by atoms with van der Waals surface area (Å²) in [6.07, 6.45) is -3.81. The average Bonchev–Trinajstić information content (AvgIpc) is 2.27. The van der Waals surface area contributed by atoms with Gasteiger partial charge < -0.3 is 15.2 Å². The predicted octanol–water partition coefficient (Wildman–Crippen LogP) is 2.22. The number of hydrogen-bond donors (Lipinski definition) is 1. The van der Waals surface area contributed by atoms with Gasteiger partial charge in [0, 0.05) is 16.3 Å². The molecule has 2 N–H and O–H groups in total. The number of carbonyl (C=O) groups is 1. The fraction of sp³-hybridized carbons (Fsp3) is 0.400. The molecule has 1 aromatic heterocycles. The lowest BCUT2D eigenvalue weighted by Crippen LogP contribution is -2.22. The molecule has 19 heavy (non-hydrogen) atoms. The second-order valence-electron chi connectivity index (χ2n) is 3.25. The Morgan fingerprint density at radius 1 is 1.53 bits per heavy atom. The molecule has 0 amide bonds. The maximum Gasteiger partial charge on any atom is 0.574 e. The molecule has 0 fully saturated rings. The predicted molar refractivity (Wildman–Crippen MR) is 67.5 cm³/mol. The molecule has 1 rings (SSSR count). The fourth-order valence-electron chi connectivity index (χ4n) is 1.22. The number of nitrogens with two attached hydrogens (primary N) is 1. The van der Waals surface area contributed by atoms with Crippen LogP contribution in [0.3, 0.4) is 0 Å². The van der Waals surface area contributed by atoms with E-state index in [-0.39, 0.29) is 22.3 Å². The molecule has 0 saturated heterocycles. The van der Waals surface area contributed by atoms with Gasteiger partial charge in [0.15, 0.2) is 0 Å². The Morgan fingerprint density at radius 3 is 2.63 bits per heavy atom. The van der Waals surface area contributed by atoms with Gasteiger partial charge in [0.05, 0.1) is 6.61 Å². The van der Waals surface area contributed by atoms with Crippen LogP contribution in [-0.4, -0.2) is 23.9 Å². The number of alkyl halides is 3. The van der Waals surface area contributed by atoms with Gasteiger partial charge in [-0.3, -0.25) is 0 Å². The number of nitrogens with zero attached hydrogens (tertiary/aromatic N) is 1. The zero-order valence-electron chi connectivity index (χ0n) is 9.75. The summed E-state index contributed by atoms with van der Waals surface area (Å²) >= 11 is 1.70. The van der Waals surface area contributed by atoms with Gasteiger partial charge in [-0.05, 0) is 35.1 Å². The summed E-state index contributed by atoms with van der Waals surface area (Å²) in [5, 5.41) is 0. The van der Waals surface area contributed by atoms with Gasteiger partial charge in [-0.1, -0.05) is 0 Å². The molecule has 0 bridgehead atoms. The Hall–Kier alpha value is -1.10. The highest BCUT2D eigenvalue weighted by Gasteiger charge is 2.35. The van der Waals surface area contributed by atoms with Crippen molar-refractivity contribution in [1.29, 1.82) is 0 Å². The number of hydrogen-bond acceptors (Lipinski definition) is 5. The van der Waals surface area contributed by atoms with E-state index in [4.69, 9.17) is 10.5 Å². The van der Waals surface area contributed by atoms with Crippen molar-refractivity contribution in [2.24, 2.45) is 5.73 Å². The molecule has 1 aromatic rings. The van der Waals surface area contributed by atoms with Gasteiger partial charge in [0.2, 0.25) is 5.88 Å². The van der Waals surface area contributed by atoms with Crippen LogP contribution in [0.4, 0.5) is 13.2 Å². The lowest BCUT2D eigenvalue weighted by atomic mass is 10.2. The summed E-state index contributed by atoms with van der Waals surface area (Å²) in [6.45, 7) is 1.59. The molecule has 0 saturated carbocycles. The monoisotopic (exact) mass is 390 g/mol. The minimum absolute atomic E-state index is 0.0211. The van der Waals surface area contributed by atoms with Crippen LogP contribution in [0.5, 0.6) is 5.88 Å². The molecule has 9 heteroatoms. The number of aromatic nitrogens is 1. The van der Waals surface area contributed by atoms with E-state index in [9.17, 15) is 18.0 Å². The summed E-state index contributed by atoms with van der Waals surface area (Å²) in [7, 11) is 0. The van der Waals surface area contributed by atoms with Gasteiger partial charge in [-0.25, -0.2) is 9.78 Å². The van der Waals surface area contributed by atoms with Gasteiger partial charge >= 0.3 is 12.3 Å². The molecule has 1 heterocycles. The van der Waals surface area contributed by atoms with E-state index in [0.29, 0.717) is 5.56 Å². The first-order valence-corrected chi connectivity index (χ1v) is 6.18. The second-order valence-corrected chi connectivity index (χ2v) is 4.33. The Bertz CT molecular complexity index is 480. The first kappa shape index (κ1) is 16.0. The van der Waals surface area contributed by atoms with Crippen molar-refractivity contribution >= 4 is 28.6 Å². The minimum atomic E-state index is -4.94. The zero-order chi connectivity index (χ0) is 14.6. The molecule has 0 aromatic carbocycles. The van der Waals surface area contributed by atoms with Crippen LogP contribution in [0.25, 0.3) is 0 Å². The minimum Gasteiger partial charge on any atom is -0.462 e.